The molecule has 2 aliphatic rings. The highest BCUT2D eigenvalue weighted by Gasteiger charge is 2.46. The van der Waals surface area contributed by atoms with Gasteiger partial charge in [0, 0.05) is 43.7 Å². The van der Waals surface area contributed by atoms with Gasteiger partial charge in [-0.1, -0.05) is 50.8 Å². The summed E-state index contributed by atoms with van der Waals surface area (Å²) in [4.78, 5) is 96.0. The number of hydrogen-bond donors (Lipinski definition) is 3. The Kier molecular flexibility index (Phi) is 16.9. The van der Waals surface area contributed by atoms with Crippen molar-refractivity contribution in [1.82, 2.24) is 15.5 Å². The number of Topliss-reactive ketones (excluding diaryl/α,β-unsaturated/α-hetero) is 3. The highest BCUT2D eigenvalue weighted by atomic mass is 19.1. The summed E-state index contributed by atoms with van der Waals surface area (Å²) >= 11 is 0. The van der Waals surface area contributed by atoms with E-state index in [1.54, 1.807) is 19.1 Å². The number of benzene rings is 2. The molecular weight excluding hydrogens is 782 g/mol. The zero-order valence-corrected chi connectivity index (χ0v) is 35.3. The Morgan fingerprint density at radius 2 is 1.55 bits per heavy atom. The van der Waals surface area contributed by atoms with E-state index in [1.165, 1.54) is 25.2 Å². The van der Waals surface area contributed by atoms with Gasteiger partial charge >= 0.3 is 0 Å². The number of rotatable bonds is 20. The number of nitrogens with two attached hydrogens (primary N) is 1. The molecule has 1 saturated heterocycles. The van der Waals surface area contributed by atoms with Gasteiger partial charge in [0.15, 0.2) is 23.1 Å². The maximum absolute atomic E-state index is 14.7. The first-order valence-corrected chi connectivity index (χ1v) is 20.5. The van der Waals surface area contributed by atoms with E-state index < -0.39 is 107 Å². The van der Waals surface area contributed by atoms with Crippen LogP contribution in [0.3, 0.4) is 0 Å². The Balaban J connectivity index is 1.52. The van der Waals surface area contributed by atoms with Gasteiger partial charge in [0.05, 0.1) is 32.0 Å². The lowest BCUT2D eigenvalue weighted by Crippen LogP contribution is -2.55. The summed E-state index contributed by atoms with van der Waals surface area (Å²) in [6.07, 6.45) is 2.31. The van der Waals surface area contributed by atoms with Crippen molar-refractivity contribution < 1.29 is 56.6 Å². The van der Waals surface area contributed by atoms with Gasteiger partial charge < -0.3 is 35.5 Å². The van der Waals surface area contributed by atoms with Gasteiger partial charge in [0.1, 0.15) is 29.3 Å². The predicted molar refractivity (Wildman–Crippen MR) is 216 cm³/mol. The van der Waals surface area contributed by atoms with Crippen molar-refractivity contribution in [3.63, 3.8) is 0 Å². The summed E-state index contributed by atoms with van der Waals surface area (Å²) in [5, 5.41) is 5.10. The molecule has 1 aliphatic heterocycles. The molecule has 1 aliphatic carbocycles. The van der Waals surface area contributed by atoms with E-state index in [0.29, 0.717) is 25.0 Å². The van der Waals surface area contributed by atoms with E-state index in [-0.39, 0.29) is 43.0 Å². The van der Waals surface area contributed by atoms with E-state index in [1.807, 2.05) is 20.8 Å². The monoisotopic (exact) mass is 840 g/mol. The summed E-state index contributed by atoms with van der Waals surface area (Å²) in [5.41, 5.74) is 4.35. The minimum Gasteiger partial charge on any atom is -0.493 e. The molecule has 0 aromatic heterocycles. The molecule has 4 N–H and O–H groups in total. The third kappa shape index (κ3) is 12.2. The standard InChI is InChI=1S/C44H58F2N4O10/c1-7-13-26(39(54)32(51)20-21-35(53)48-38(41(47)55)28-16-11-19-34(58-5)40(28)59-6)22-33(52)31-23-27(60-44(2,3)4)24-50(31)43(57)37(25-14-9-8-10-15-25)49-42(56)36-29(45)17-12-18-30(36)46/h11-12,16-19,25-27,31,37-38H,7-10,13-15,20-24H2,1-6H3,(H2,47,55)(H,48,53)(H,49,56)/t26?,27-,31+,37+,38?/m1/s1. The van der Waals surface area contributed by atoms with Crippen molar-refractivity contribution in [2.45, 2.75) is 128 Å². The van der Waals surface area contributed by atoms with Crippen LogP contribution in [0.25, 0.3) is 0 Å². The topological polar surface area (TPSA) is 200 Å². The van der Waals surface area contributed by atoms with Gasteiger partial charge in [-0.25, -0.2) is 8.78 Å². The molecule has 1 saturated carbocycles. The average Bonchev–Trinajstić information content (AvgIpc) is 3.62. The minimum absolute atomic E-state index is 0.0198. The zero-order valence-electron chi connectivity index (χ0n) is 35.3. The first-order valence-electron chi connectivity index (χ1n) is 20.5. The number of carbonyl (C=O) groups excluding carboxylic acids is 7. The summed E-state index contributed by atoms with van der Waals surface area (Å²) in [7, 11) is 2.76. The number of ether oxygens (including phenoxy) is 3. The van der Waals surface area contributed by atoms with Crippen LogP contribution in [0.5, 0.6) is 11.5 Å². The number of carbonyl (C=O) groups is 7. The van der Waals surface area contributed by atoms with Gasteiger partial charge in [0.2, 0.25) is 23.5 Å². The highest BCUT2D eigenvalue weighted by Crippen LogP contribution is 2.35. The Morgan fingerprint density at radius 3 is 2.13 bits per heavy atom. The molecule has 4 rings (SSSR count). The van der Waals surface area contributed by atoms with E-state index in [4.69, 9.17) is 19.9 Å². The molecule has 16 heteroatoms. The van der Waals surface area contributed by atoms with Crippen molar-refractivity contribution in [2.75, 3.05) is 20.8 Å². The van der Waals surface area contributed by atoms with Crippen LogP contribution in [0.15, 0.2) is 36.4 Å². The zero-order chi connectivity index (χ0) is 44.3. The first-order chi connectivity index (χ1) is 28.4. The molecule has 0 radical (unpaired) electrons. The van der Waals surface area contributed by atoms with Crippen LogP contribution in [0.4, 0.5) is 8.78 Å². The van der Waals surface area contributed by atoms with Gasteiger partial charge in [-0.15, -0.1) is 0 Å². The summed E-state index contributed by atoms with van der Waals surface area (Å²) < 4.78 is 46.3. The number of para-hydroxylation sites is 1. The molecule has 0 spiro atoms. The summed E-state index contributed by atoms with van der Waals surface area (Å²) in [6, 6.07) is 4.09. The number of halogens is 2. The molecule has 2 unspecified atom stereocenters. The third-order valence-corrected chi connectivity index (χ3v) is 10.9. The number of likely N-dealkylation sites (tertiary alicyclic amines) is 1. The summed E-state index contributed by atoms with van der Waals surface area (Å²) in [6.45, 7) is 7.25. The number of nitrogens with one attached hydrogen (secondary N) is 2. The molecule has 5 atom stereocenters. The maximum Gasteiger partial charge on any atom is 0.257 e. The second-order valence-corrected chi connectivity index (χ2v) is 16.5. The fourth-order valence-electron chi connectivity index (χ4n) is 8.19. The lowest BCUT2D eigenvalue weighted by molar-refractivity contribution is -0.143. The van der Waals surface area contributed by atoms with Crippen LogP contribution in [0.1, 0.15) is 120 Å². The first kappa shape index (κ1) is 47.4. The van der Waals surface area contributed by atoms with Crippen LogP contribution in [-0.4, -0.2) is 90.4 Å². The van der Waals surface area contributed by atoms with Crippen LogP contribution in [0.2, 0.25) is 0 Å². The highest BCUT2D eigenvalue weighted by molar-refractivity contribution is 6.38. The molecule has 1 heterocycles. The fourth-order valence-corrected chi connectivity index (χ4v) is 8.19. The number of primary amides is 1. The fraction of sp³-hybridized carbons (Fsp3) is 0.568. The number of methoxy groups -OCH3 is 2. The number of ketones is 3. The van der Waals surface area contributed by atoms with E-state index in [2.05, 4.69) is 10.6 Å². The van der Waals surface area contributed by atoms with Crippen LogP contribution >= 0.6 is 0 Å². The number of hydrogen-bond acceptors (Lipinski definition) is 10. The van der Waals surface area contributed by atoms with Crippen LogP contribution < -0.4 is 25.8 Å². The van der Waals surface area contributed by atoms with E-state index >= 15 is 0 Å². The van der Waals surface area contributed by atoms with Crippen molar-refractivity contribution in [3.8, 4) is 11.5 Å². The molecule has 2 aromatic rings. The molecular formula is C44H58F2N4O10. The second-order valence-electron chi connectivity index (χ2n) is 16.5. The minimum atomic E-state index is -1.34. The number of amides is 4. The lowest BCUT2D eigenvalue weighted by atomic mass is 9.82. The van der Waals surface area contributed by atoms with Gasteiger partial charge in [-0.05, 0) is 64.2 Å². The molecule has 328 valence electrons. The van der Waals surface area contributed by atoms with Crippen LogP contribution in [0, 0.1) is 23.5 Å². The largest absolute Gasteiger partial charge is 0.493 e. The molecule has 4 amide bonds. The van der Waals surface area contributed by atoms with Crippen LogP contribution in [-0.2, 0) is 33.5 Å². The van der Waals surface area contributed by atoms with Crippen molar-refractivity contribution in [3.05, 3.63) is 59.2 Å². The van der Waals surface area contributed by atoms with E-state index in [9.17, 15) is 42.3 Å². The molecule has 14 nitrogen and oxygen atoms in total. The SMILES string of the molecule is CCCC(CC(=O)[C@@H]1C[C@@H](OC(C)(C)C)CN1C(=O)[C@@H](NC(=O)c1c(F)cccc1F)C1CCCCC1)C(=O)C(=O)CCC(=O)NC(C(N)=O)c1cccc(OC)c1OC. The smallest absolute Gasteiger partial charge is 0.257 e. The maximum atomic E-state index is 14.7. The van der Waals surface area contributed by atoms with Crippen molar-refractivity contribution in [2.24, 2.45) is 17.6 Å². The normalized spacial score (nSPS) is 18.5. The van der Waals surface area contributed by atoms with Crippen molar-refractivity contribution in [1.29, 1.82) is 0 Å². The third-order valence-electron chi connectivity index (χ3n) is 10.9. The Hall–Kier alpha value is -5.25. The van der Waals surface area contributed by atoms with Gasteiger partial charge in [-0.2, -0.15) is 0 Å². The quantitative estimate of drug-likeness (QED) is 0.151. The molecule has 60 heavy (non-hydrogen) atoms. The predicted octanol–water partition coefficient (Wildman–Crippen LogP) is 5.08. The summed E-state index contributed by atoms with van der Waals surface area (Å²) in [5.74, 6) is -8.70. The Bertz CT molecular complexity index is 1890. The molecule has 0 bridgehead atoms. The Morgan fingerprint density at radius 1 is 0.900 bits per heavy atom. The van der Waals surface area contributed by atoms with E-state index in [0.717, 1.165) is 37.5 Å². The second kappa shape index (κ2) is 21.3. The lowest BCUT2D eigenvalue weighted by Gasteiger charge is -2.35. The molecule has 2 aromatic carbocycles. The van der Waals surface area contributed by atoms with Gasteiger partial charge in [0.25, 0.3) is 5.91 Å². The average molecular weight is 841 g/mol. The molecule has 2 fully saturated rings. The van der Waals surface area contributed by atoms with Gasteiger partial charge in [-0.3, -0.25) is 33.6 Å². The van der Waals surface area contributed by atoms with Crippen molar-refractivity contribution >= 4 is 41.0 Å². The Labute approximate surface area is 349 Å². The number of nitrogens with zero attached hydrogens (tertiary/aromatic N) is 1.